The average Bonchev–Trinajstić information content (AvgIpc) is 2.69. The number of aromatic nitrogens is 2. The minimum atomic E-state index is -0.330. The summed E-state index contributed by atoms with van der Waals surface area (Å²) in [4.78, 5) is 3.10. The van der Waals surface area contributed by atoms with E-state index in [0.717, 1.165) is 16.6 Å². The molecule has 0 aliphatic carbocycles. The van der Waals surface area contributed by atoms with Gasteiger partial charge in [0.1, 0.15) is 5.82 Å². The Labute approximate surface area is 133 Å². The number of hydrogen-bond acceptors (Lipinski definition) is 1. The number of H-pyrrole nitrogens is 1. The van der Waals surface area contributed by atoms with Crippen LogP contribution in [0.15, 0.2) is 34.8 Å². The molecule has 0 radical (unpaired) electrons. The van der Waals surface area contributed by atoms with Gasteiger partial charge < -0.3 is 4.98 Å². The number of nitrogens with one attached hydrogen (secondary N) is 1. The molecule has 1 aromatic heterocycles. The van der Waals surface area contributed by atoms with Gasteiger partial charge in [-0.1, -0.05) is 11.6 Å². The third kappa shape index (κ3) is 2.20. The van der Waals surface area contributed by atoms with E-state index in [2.05, 4.69) is 20.9 Å². The second kappa shape index (κ2) is 4.98. The zero-order valence-corrected chi connectivity index (χ0v) is 13.5. The molecule has 0 atom stereocenters. The Hall–Kier alpha value is -1.17. The number of nitrogens with zero attached hydrogens (tertiary/aromatic N) is 1. The quantitative estimate of drug-likeness (QED) is 0.556. The number of fused-ring (bicyclic) bond motifs is 1. The molecule has 0 amide bonds. The summed E-state index contributed by atoms with van der Waals surface area (Å²) in [6.07, 6.45) is 0. The Morgan fingerprint density at radius 3 is 2.80 bits per heavy atom. The summed E-state index contributed by atoms with van der Waals surface area (Å²) >= 11 is 14.6. The highest BCUT2D eigenvalue weighted by Crippen LogP contribution is 2.28. The molecule has 3 rings (SSSR count). The summed E-state index contributed by atoms with van der Waals surface area (Å²) in [7, 11) is 0. The molecule has 2 nitrogen and oxygen atoms in total. The normalized spacial score (nSPS) is 11.2. The van der Waals surface area contributed by atoms with Crippen LogP contribution in [-0.2, 0) is 0 Å². The fraction of sp³-hybridized carbons (Fsp3) is 0.0714. The summed E-state index contributed by atoms with van der Waals surface area (Å²) in [5.41, 5.74) is 3.30. The molecule has 0 saturated heterocycles. The summed E-state index contributed by atoms with van der Waals surface area (Å²) in [6, 6.07) is 8.64. The van der Waals surface area contributed by atoms with Crippen molar-refractivity contribution < 1.29 is 4.39 Å². The molecule has 1 N–H and O–H groups in total. The first-order valence-corrected chi connectivity index (χ1v) is 7.41. The molecular weight excluding hydrogens is 363 g/mol. The first kappa shape index (κ1) is 13.8. The molecule has 0 bridgehead atoms. The first-order valence-electron chi connectivity index (χ1n) is 5.83. The van der Waals surface area contributed by atoms with Gasteiger partial charge in [0.25, 0.3) is 0 Å². The standard InChI is InChI=1S/C14H9BrClFN2S/c1-7-4-9(15)10(17)6-12(7)19-13-5-8(16)2-3-11(13)18-14(19)20/h2-6H,1H3,(H,18,20). The fourth-order valence-corrected chi connectivity index (χ4v) is 3.12. The van der Waals surface area contributed by atoms with E-state index in [4.69, 9.17) is 23.8 Å². The van der Waals surface area contributed by atoms with Crippen LogP contribution in [0.2, 0.25) is 5.02 Å². The monoisotopic (exact) mass is 370 g/mol. The molecule has 1 heterocycles. The predicted molar refractivity (Wildman–Crippen MR) is 85.9 cm³/mol. The van der Waals surface area contributed by atoms with Crippen LogP contribution in [0.1, 0.15) is 5.56 Å². The Bertz CT molecular complexity index is 885. The maximum atomic E-state index is 13.8. The van der Waals surface area contributed by atoms with Crippen LogP contribution in [0.3, 0.4) is 0 Å². The van der Waals surface area contributed by atoms with E-state index < -0.39 is 0 Å². The Kier molecular flexibility index (Phi) is 3.44. The third-order valence-electron chi connectivity index (χ3n) is 3.13. The van der Waals surface area contributed by atoms with Crippen LogP contribution in [-0.4, -0.2) is 9.55 Å². The van der Waals surface area contributed by atoms with Crippen molar-refractivity contribution in [3.05, 3.63) is 56.0 Å². The Balaban J connectivity index is 2.40. The van der Waals surface area contributed by atoms with Crippen LogP contribution in [0, 0.1) is 17.5 Å². The van der Waals surface area contributed by atoms with E-state index in [9.17, 15) is 4.39 Å². The van der Waals surface area contributed by atoms with E-state index in [1.165, 1.54) is 6.07 Å². The molecule has 0 fully saturated rings. The van der Waals surface area contributed by atoms with E-state index in [1.807, 2.05) is 19.1 Å². The number of benzene rings is 2. The van der Waals surface area contributed by atoms with Crippen LogP contribution in [0.5, 0.6) is 0 Å². The van der Waals surface area contributed by atoms with Crippen LogP contribution in [0.25, 0.3) is 16.7 Å². The van der Waals surface area contributed by atoms with Crippen molar-refractivity contribution in [2.75, 3.05) is 0 Å². The zero-order chi connectivity index (χ0) is 14.4. The van der Waals surface area contributed by atoms with Crippen molar-refractivity contribution in [1.82, 2.24) is 9.55 Å². The molecule has 0 aliphatic heterocycles. The molecule has 6 heteroatoms. The summed E-state index contributed by atoms with van der Waals surface area (Å²) in [5.74, 6) is -0.330. The zero-order valence-electron chi connectivity index (χ0n) is 10.4. The summed E-state index contributed by atoms with van der Waals surface area (Å²) in [6.45, 7) is 1.91. The Morgan fingerprint density at radius 1 is 1.30 bits per heavy atom. The summed E-state index contributed by atoms with van der Waals surface area (Å²) in [5, 5.41) is 0.607. The number of aromatic amines is 1. The lowest BCUT2D eigenvalue weighted by Crippen LogP contribution is -1.98. The van der Waals surface area contributed by atoms with Crippen molar-refractivity contribution in [2.45, 2.75) is 6.92 Å². The van der Waals surface area contributed by atoms with E-state index in [-0.39, 0.29) is 5.82 Å². The number of halogens is 3. The second-order valence-corrected chi connectivity index (χ2v) is 6.16. The smallest absolute Gasteiger partial charge is 0.182 e. The van der Waals surface area contributed by atoms with Gasteiger partial charge in [-0.2, -0.15) is 0 Å². The highest BCUT2D eigenvalue weighted by atomic mass is 79.9. The van der Waals surface area contributed by atoms with Gasteiger partial charge in [0, 0.05) is 5.02 Å². The lowest BCUT2D eigenvalue weighted by Gasteiger charge is -2.10. The molecule has 0 aliphatic rings. The predicted octanol–water partition coefficient (Wildman–Crippen LogP) is 5.55. The van der Waals surface area contributed by atoms with Gasteiger partial charge in [-0.3, -0.25) is 4.57 Å². The number of hydrogen-bond donors (Lipinski definition) is 1. The summed E-state index contributed by atoms with van der Waals surface area (Å²) < 4.78 is 16.6. The van der Waals surface area contributed by atoms with Gasteiger partial charge in [-0.15, -0.1) is 0 Å². The fourth-order valence-electron chi connectivity index (χ4n) is 2.19. The first-order chi connectivity index (χ1) is 9.47. The Morgan fingerprint density at radius 2 is 2.05 bits per heavy atom. The lowest BCUT2D eigenvalue weighted by molar-refractivity contribution is 0.619. The van der Waals surface area contributed by atoms with Crippen molar-refractivity contribution in [3.8, 4) is 5.69 Å². The number of aryl methyl sites for hydroxylation is 1. The van der Waals surface area contributed by atoms with Crippen molar-refractivity contribution in [3.63, 3.8) is 0 Å². The second-order valence-electron chi connectivity index (χ2n) is 4.48. The van der Waals surface area contributed by atoms with Crippen LogP contribution >= 0.6 is 39.7 Å². The lowest BCUT2D eigenvalue weighted by atomic mass is 10.2. The van der Waals surface area contributed by atoms with E-state index in [1.54, 1.807) is 16.7 Å². The SMILES string of the molecule is Cc1cc(Br)c(F)cc1-n1c(=S)[nH]c2ccc(Cl)cc21. The molecule has 2 aromatic carbocycles. The molecule has 20 heavy (non-hydrogen) atoms. The van der Waals surface area contributed by atoms with Crippen molar-refractivity contribution in [1.29, 1.82) is 0 Å². The maximum Gasteiger partial charge on any atom is 0.182 e. The molecule has 0 spiro atoms. The van der Waals surface area contributed by atoms with E-state index >= 15 is 0 Å². The highest BCUT2D eigenvalue weighted by Gasteiger charge is 2.12. The highest BCUT2D eigenvalue weighted by molar-refractivity contribution is 9.10. The molecule has 0 unspecified atom stereocenters. The third-order valence-corrected chi connectivity index (χ3v) is 4.25. The van der Waals surface area contributed by atoms with Gasteiger partial charge in [0.15, 0.2) is 4.77 Å². The molecular formula is C14H9BrClFN2S. The van der Waals surface area contributed by atoms with Crippen LogP contribution in [0.4, 0.5) is 4.39 Å². The van der Waals surface area contributed by atoms with Gasteiger partial charge in [0.05, 0.1) is 21.2 Å². The average molecular weight is 372 g/mol. The number of rotatable bonds is 1. The molecule has 3 aromatic rings. The molecule has 0 saturated carbocycles. The van der Waals surface area contributed by atoms with Gasteiger partial charge in [-0.05, 0) is 71.0 Å². The van der Waals surface area contributed by atoms with E-state index in [0.29, 0.717) is 20.0 Å². The van der Waals surface area contributed by atoms with Gasteiger partial charge in [0.2, 0.25) is 0 Å². The topological polar surface area (TPSA) is 20.7 Å². The van der Waals surface area contributed by atoms with Gasteiger partial charge in [-0.25, -0.2) is 4.39 Å². The minimum Gasteiger partial charge on any atom is -0.330 e. The van der Waals surface area contributed by atoms with Gasteiger partial charge >= 0.3 is 0 Å². The van der Waals surface area contributed by atoms with Crippen molar-refractivity contribution >= 4 is 50.8 Å². The van der Waals surface area contributed by atoms with Crippen LogP contribution < -0.4 is 0 Å². The minimum absolute atomic E-state index is 0.330. The van der Waals surface area contributed by atoms with Crippen molar-refractivity contribution in [2.24, 2.45) is 0 Å². The maximum absolute atomic E-state index is 13.8. The number of imidazole rings is 1. The molecule has 102 valence electrons. The largest absolute Gasteiger partial charge is 0.330 e.